The Kier molecular flexibility index (Phi) is 5.43. The number of terminal acetylenes is 2. The lowest BCUT2D eigenvalue weighted by Crippen LogP contribution is -2.34. The number of amides is 1. The fourth-order valence-corrected chi connectivity index (χ4v) is 4.77. The predicted octanol–water partition coefficient (Wildman–Crippen LogP) is 3.20. The van der Waals surface area contributed by atoms with Crippen LogP contribution in [0.4, 0.5) is 5.82 Å². The highest BCUT2D eigenvalue weighted by atomic mass is 16.2. The van der Waals surface area contributed by atoms with Crippen LogP contribution < -0.4 is 5.73 Å². The van der Waals surface area contributed by atoms with Crippen LogP contribution in [-0.2, 0) is 7.05 Å². The van der Waals surface area contributed by atoms with Crippen LogP contribution in [-0.4, -0.2) is 47.9 Å². The lowest BCUT2D eigenvalue weighted by atomic mass is 9.97. The molecule has 4 aromatic rings. The van der Waals surface area contributed by atoms with Gasteiger partial charge in [-0.05, 0) is 43.4 Å². The lowest BCUT2D eigenvalue weighted by molar-refractivity contribution is 0.0766. The van der Waals surface area contributed by atoms with Crippen LogP contribution in [0.1, 0.15) is 34.7 Å². The van der Waals surface area contributed by atoms with Gasteiger partial charge in [-0.1, -0.05) is 18.1 Å². The van der Waals surface area contributed by atoms with Crippen molar-refractivity contribution < 1.29 is 4.79 Å². The van der Waals surface area contributed by atoms with Crippen molar-refractivity contribution in [3.8, 4) is 47.1 Å². The van der Waals surface area contributed by atoms with Crippen LogP contribution in [0, 0.1) is 31.6 Å². The first-order valence-electron chi connectivity index (χ1n) is 11.2. The molecule has 1 amide bonds. The molecule has 8 heteroatoms. The van der Waals surface area contributed by atoms with Crippen molar-refractivity contribution in [3.63, 3.8) is 0 Å². The molecular formula is C27H23N7O. The van der Waals surface area contributed by atoms with E-state index in [2.05, 4.69) is 31.8 Å². The van der Waals surface area contributed by atoms with Crippen molar-refractivity contribution in [1.82, 2.24) is 29.4 Å². The van der Waals surface area contributed by atoms with Gasteiger partial charge in [0.2, 0.25) is 5.82 Å². The molecule has 35 heavy (non-hydrogen) atoms. The number of likely N-dealkylation sites (tertiary alicyclic amines) is 1. The largest absolute Gasteiger partial charge is 0.383 e. The molecule has 1 fully saturated rings. The Morgan fingerprint density at radius 3 is 2.63 bits per heavy atom. The van der Waals surface area contributed by atoms with Crippen molar-refractivity contribution in [2.24, 2.45) is 7.05 Å². The summed E-state index contributed by atoms with van der Waals surface area (Å²) in [6.45, 7) is 2.55. The molecule has 2 N–H and O–H groups in total. The van der Waals surface area contributed by atoms with Crippen molar-refractivity contribution in [2.45, 2.75) is 25.8 Å². The fourth-order valence-electron chi connectivity index (χ4n) is 4.77. The number of hydrogen-bond donors (Lipinski definition) is 1. The maximum atomic E-state index is 13.1. The molecule has 0 saturated carbocycles. The number of carbonyl (C=O) groups excluding carboxylic acids is 1. The molecule has 0 aliphatic carbocycles. The molecule has 0 unspecified atom stereocenters. The maximum absolute atomic E-state index is 13.1. The number of fused-ring (bicyclic) bond motifs is 1. The summed E-state index contributed by atoms with van der Waals surface area (Å²) in [5.41, 5.74) is 11.6. The van der Waals surface area contributed by atoms with Crippen LogP contribution in [0.25, 0.3) is 33.4 Å². The van der Waals surface area contributed by atoms with E-state index in [0.717, 1.165) is 46.3 Å². The third kappa shape index (κ3) is 3.56. The van der Waals surface area contributed by atoms with Crippen LogP contribution in [0.3, 0.4) is 0 Å². The smallest absolute Gasteiger partial charge is 0.254 e. The van der Waals surface area contributed by atoms with Gasteiger partial charge in [0.25, 0.3) is 5.91 Å². The molecule has 172 valence electrons. The van der Waals surface area contributed by atoms with Crippen molar-refractivity contribution >= 4 is 22.8 Å². The Morgan fingerprint density at radius 1 is 1.17 bits per heavy atom. The Balaban J connectivity index is 1.67. The second-order valence-electron chi connectivity index (χ2n) is 8.48. The predicted molar refractivity (Wildman–Crippen MR) is 135 cm³/mol. The van der Waals surface area contributed by atoms with Crippen LogP contribution in [0.15, 0.2) is 36.8 Å². The second-order valence-corrected chi connectivity index (χ2v) is 8.48. The average Bonchev–Trinajstić information content (AvgIpc) is 3.47. The summed E-state index contributed by atoms with van der Waals surface area (Å²) in [7, 11) is 1.91. The van der Waals surface area contributed by atoms with Crippen LogP contribution in [0.2, 0.25) is 0 Å². The first-order valence-corrected chi connectivity index (χ1v) is 11.2. The number of nitrogens with two attached hydrogens (primary N) is 1. The Bertz CT molecular complexity index is 1550. The van der Waals surface area contributed by atoms with Gasteiger partial charge in [-0.3, -0.25) is 4.79 Å². The lowest BCUT2D eigenvalue weighted by Gasteiger charge is -2.20. The second kappa shape index (κ2) is 8.58. The molecule has 1 aromatic carbocycles. The standard InChI is InChI=1S/C27H23N7O/c1-5-19-8-7-13-34(19)27(35)18-11-9-17(10-12-18)22-23-25(28)30-15-31-26(23)33(4)24(22)20-14-29-21(6-2)32-16(20)3/h1-2,9-12,14-15,19H,7-8,13H2,3-4H3,(H2,28,30,31)/t19-/m0/s1. The van der Waals surface area contributed by atoms with Gasteiger partial charge in [0, 0.05) is 36.5 Å². The minimum atomic E-state index is -0.155. The zero-order valence-electron chi connectivity index (χ0n) is 19.5. The number of aryl methyl sites for hydroxylation is 2. The van der Waals surface area contributed by atoms with Crippen LogP contribution in [0.5, 0.6) is 0 Å². The van der Waals surface area contributed by atoms with Gasteiger partial charge in [0.05, 0.1) is 22.8 Å². The van der Waals surface area contributed by atoms with Crippen molar-refractivity contribution in [2.75, 3.05) is 12.3 Å². The molecule has 1 aliphatic heterocycles. The van der Waals surface area contributed by atoms with Gasteiger partial charge >= 0.3 is 0 Å². The van der Waals surface area contributed by atoms with E-state index in [1.165, 1.54) is 6.33 Å². The Morgan fingerprint density at radius 2 is 1.94 bits per heavy atom. The summed E-state index contributed by atoms with van der Waals surface area (Å²) in [5, 5.41) is 0.719. The highest BCUT2D eigenvalue weighted by molar-refractivity contribution is 6.08. The van der Waals surface area contributed by atoms with Gasteiger partial charge in [-0.25, -0.2) is 19.9 Å². The highest BCUT2D eigenvalue weighted by Crippen LogP contribution is 2.42. The molecule has 4 heterocycles. The maximum Gasteiger partial charge on any atom is 0.254 e. The van der Waals surface area contributed by atoms with E-state index in [1.807, 2.05) is 42.8 Å². The third-order valence-electron chi connectivity index (χ3n) is 6.49. The van der Waals surface area contributed by atoms with Gasteiger partial charge in [0.15, 0.2) is 0 Å². The van der Waals surface area contributed by atoms with E-state index in [4.69, 9.17) is 18.6 Å². The summed E-state index contributed by atoms with van der Waals surface area (Å²) in [5.74, 6) is 5.81. The molecule has 0 radical (unpaired) electrons. The zero-order valence-corrected chi connectivity index (χ0v) is 19.5. The highest BCUT2D eigenvalue weighted by Gasteiger charge is 2.28. The van der Waals surface area contributed by atoms with Gasteiger partial charge < -0.3 is 15.2 Å². The number of carbonyl (C=O) groups is 1. The number of aromatic nitrogens is 5. The molecule has 0 bridgehead atoms. The minimum Gasteiger partial charge on any atom is -0.383 e. The summed E-state index contributed by atoms with van der Waals surface area (Å²) in [4.78, 5) is 32.3. The number of hydrogen-bond acceptors (Lipinski definition) is 6. The summed E-state index contributed by atoms with van der Waals surface area (Å²) in [6, 6.07) is 7.29. The number of rotatable bonds is 3. The van der Waals surface area contributed by atoms with E-state index in [9.17, 15) is 4.79 Å². The SMILES string of the molecule is C#Cc1ncc(-c2c(-c3ccc(C(=O)N4CCC[C@@H]4C#C)cc3)c3c(N)ncnc3n2C)c(C)n1. The zero-order chi connectivity index (χ0) is 24.7. The number of benzene rings is 1. The first kappa shape index (κ1) is 22.1. The number of nitrogens with zero attached hydrogens (tertiary/aromatic N) is 6. The molecule has 1 aliphatic rings. The minimum absolute atomic E-state index is 0.0629. The van der Waals surface area contributed by atoms with Crippen molar-refractivity contribution in [1.29, 1.82) is 0 Å². The monoisotopic (exact) mass is 461 g/mol. The van der Waals surface area contributed by atoms with E-state index in [1.54, 1.807) is 11.1 Å². The normalized spacial score (nSPS) is 15.2. The summed E-state index contributed by atoms with van der Waals surface area (Å²) >= 11 is 0. The Hall–Kier alpha value is -4.69. The Labute approximate surface area is 203 Å². The van der Waals surface area contributed by atoms with E-state index >= 15 is 0 Å². The van der Waals surface area contributed by atoms with Crippen LogP contribution >= 0.6 is 0 Å². The quantitative estimate of drug-likeness (QED) is 0.470. The van der Waals surface area contributed by atoms with Gasteiger partial charge in [0.1, 0.15) is 17.8 Å². The number of anilines is 1. The molecule has 1 saturated heterocycles. The van der Waals surface area contributed by atoms with E-state index in [-0.39, 0.29) is 11.9 Å². The topological polar surface area (TPSA) is 103 Å². The molecule has 8 nitrogen and oxygen atoms in total. The molecule has 1 atom stereocenters. The molecular weight excluding hydrogens is 438 g/mol. The van der Waals surface area contributed by atoms with Gasteiger partial charge in [-0.2, -0.15) is 0 Å². The first-order chi connectivity index (χ1) is 16.9. The van der Waals surface area contributed by atoms with Gasteiger partial charge in [-0.15, -0.1) is 12.8 Å². The summed E-state index contributed by atoms with van der Waals surface area (Å²) < 4.78 is 1.95. The van der Waals surface area contributed by atoms with E-state index in [0.29, 0.717) is 29.4 Å². The molecule has 0 spiro atoms. The molecule has 5 rings (SSSR count). The fraction of sp³-hybridized carbons (Fsp3) is 0.222. The third-order valence-corrected chi connectivity index (χ3v) is 6.49. The van der Waals surface area contributed by atoms with E-state index < -0.39 is 0 Å². The number of nitrogen functional groups attached to an aromatic ring is 1. The average molecular weight is 462 g/mol. The summed E-state index contributed by atoms with van der Waals surface area (Å²) in [6.07, 6.45) is 16.0. The van der Waals surface area contributed by atoms with Crippen molar-refractivity contribution in [3.05, 3.63) is 53.9 Å². The molecule has 3 aromatic heterocycles.